The fourth-order valence-corrected chi connectivity index (χ4v) is 0.387. The fraction of sp³-hybridized carbons (Fsp3) is 0.800. The molecule has 0 radical (unpaired) electrons. The molecule has 0 rings (SSSR count). The maximum atomic E-state index is 9.89. The van der Waals surface area contributed by atoms with Gasteiger partial charge in [0.2, 0.25) is 0 Å². The predicted octanol–water partition coefficient (Wildman–Crippen LogP) is -7.55. The van der Waals surface area contributed by atoms with Gasteiger partial charge in [0.05, 0.1) is 27.1 Å². The van der Waals surface area contributed by atoms with Gasteiger partial charge in [-0.3, -0.25) is 0 Å². The van der Waals surface area contributed by atoms with Crippen LogP contribution in [0.5, 0.6) is 0 Å². The number of carboxylic acid groups (broad SMARTS) is 1. The van der Waals surface area contributed by atoms with Crippen molar-refractivity contribution in [1.82, 2.24) is 0 Å². The summed E-state index contributed by atoms with van der Waals surface area (Å²) in [6, 6.07) is 0. The molecule has 0 aromatic heterocycles. The monoisotopic (exact) mass is 243 g/mol. The van der Waals surface area contributed by atoms with Crippen LogP contribution in [0.2, 0.25) is 0 Å². The van der Waals surface area contributed by atoms with Crippen LogP contribution in [0.1, 0.15) is 0 Å². The first-order valence-corrected chi connectivity index (χ1v) is 2.42. The number of nitrogens with zero attached hydrogens (tertiary/aromatic N) is 1. The van der Waals surface area contributed by atoms with Crippen molar-refractivity contribution in [2.24, 2.45) is 0 Å². The Balaban J connectivity index is -0.0000000817. The van der Waals surface area contributed by atoms with E-state index < -0.39 is 5.97 Å². The van der Waals surface area contributed by atoms with E-state index in [9.17, 15) is 9.90 Å². The molecule has 0 bridgehead atoms. The number of hydrogen-bond acceptors (Lipinski definition) is 2. The average Bonchev–Trinajstić information content (AvgIpc) is 1.21. The minimum absolute atomic E-state index is 0. The minimum atomic E-state index is -1.00. The van der Waals surface area contributed by atoms with E-state index in [-0.39, 0.29) is 48.4 Å². The van der Waals surface area contributed by atoms with Gasteiger partial charge >= 0.3 is 17.1 Å². The molecule has 0 atom stereocenters. The number of carboxylic acids is 1. The second kappa shape index (κ2) is 8.62. The van der Waals surface area contributed by atoms with Crippen molar-refractivity contribution in [2.45, 2.75) is 0 Å². The van der Waals surface area contributed by atoms with Gasteiger partial charge in [-0.15, -0.1) is 0 Å². The molecule has 0 aliphatic carbocycles. The molecular weight excluding hydrogens is 233 g/mol. The van der Waals surface area contributed by atoms with Crippen molar-refractivity contribution in [3.8, 4) is 0 Å². The number of hydrogen-bond donors (Lipinski definition) is 0. The standard InChI is InChI=1S/C5H11NO2.2ClH.Fe/c1-6(2,3)4-5(7)8;;;/h4H2,1-3H3;2*1H;/q;;;+2/p-2. The van der Waals surface area contributed by atoms with Gasteiger partial charge in [0.25, 0.3) is 0 Å². The quantitative estimate of drug-likeness (QED) is 0.357. The summed E-state index contributed by atoms with van der Waals surface area (Å²) in [5.41, 5.74) is 0. The van der Waals surface area contributed by atoms with Gasteiger partial charge in [0.1, 0.15) is 6.54 Å². The third kappa shape index (κ3) is 25.1. The molecule has 0 heterocycles. The summed E-state index contributed by atoms with van der Waals surface area (Å²) in [7, 11) is 5.40. The van der Waals surface area contributed by atoms with Crippen molar-refractivity contribution in [2.75, 3.05) is 27.7 Å². The van der Waals surface area contributed by atoms with Crippen LogP contribution in [0.4, 0.5) is 0 Å². The molecule has 0 saturated carbocycles. The fourth-order valence-electron chi connectivity index (χ4n) is 0.387. The van der Waals surface area contributed by atoms with E-state index in [0.29, 0.717) is 4.48 Å². The van der Waals surface area contributed by atoms with Crippen molar-refractivity contribution in [3.63, 3.8) is 0 Å². The number of aliphatic carboxylic acids is 1. The summed E-state index contributed by atoms with van der Waals surface area (Å²) in [5.74, 6) is -1.00. The Kier molecular flexibility index (Phi) is 17.7. The molecule has 0 spiro atoms. The molecule has 0 aliphatic heterocycles. The Morgan fingerprint density at radius 2 is 1.55 bits per heavy atom. The molecule has 0 saturated heterocycles. The van der Waals surface area contributed by atoms with E-state index in [4.69, 9.17) is 0 Å². The first kappa shape index (κ1) is 22.5. The second-order valence-electron chi connectivity index (χ2n) is 2.82. The maximum absolute atomic E-state index is 9.89. The molecule has 0 aromatic carbocycles. The van der Waals surface area contributed by atoms with Crippen LogP contribution < -0.4 is 29.9 Å². The zero-order valence-corrected chi connectivity index (χ0v) is 9.20. The van der Waals surface area contributed by atoms with Crippen LogP contribution in [-0.2, 0) is 21.9 Å². The Hall–Kier alpha value is 0.529. The van der Waals surface area contributed by atoms with Crippen LogP contribution in [0.25, 0.3) is 0 Å². The topological polar surface area (TPSA) is 40.1 Å². The van der Waals surface area contributed by atoms with Crippen molar-refractivity contribution in [3.05, 3.63) is 0 Å². The van der Waals surface area contributed by atoms with E-state index >= 15 is 0 Å². The molecule has 70 valence electrons. The third-order valence-electron chi connectivity index (χ3n) is 0.603. The Bertz CT molecular complexity index is 105. The van der Waals surface area contributed by atoms with Gasteiger partial charge in [-0.05, 0) is 0 Å². The van der Waals surface area contributed by atoms with Gasteiger partial charge in [0.15, 0.2) is 0 Å². The van der Waals surface area contributed by atoms with Gasteiger partial charge in [-0.2, -0.15) is 0 Å². The van der Waals surface area contributed by atoms with Gasteiger partial charge in [0, 0.05) is 0 Å². The number of rotatable bonds is 2. The van der Waals surface area contributed by atoms with Crippen LogP contribution in [0, 0.1) is 0 Å². The first-order valence-electron chi connectivity index (χ1n) is 2.42. The van der Waals surface area contributed by atoms with E-state index in [1.807, 2.05) is 0 Å². The number of carbonyl (C=O) groups is 1. The number of carbonyl (C=O) groups excluding carboxylic acids is 1. The van der Waals surface area contributed by atoms with Crippen molar-refractivity contribution in [1.29, 1.82) is 0 Å². The van der Waals surface area contributed by atoms with Crippen LogP contribution in [-0.4, -0.2) is 38.1 Å². The summed E-state index contributed by atoms with van der Waals surface area (Å²) < 4.78 is 0.419. The van der Waals surface area contributed by atoms with Gasteiger partial charge in [-0.25, -0.2) is 0 Å². The second-order valence-corrected chi connectivity index (χ2v) is 2.82. The summed E-state index contributed by atoms with van der Waals surface area (Å²) in [4.78, 5) is 9.89. The van der Waals surface area contributed by atoms with E-state index in [2.05, 4.69) is 0 Å². The summed E-state index contributed by atoms with van der Waals surface area (Å²) in [6.07, 6.45) is 0. The Morgan fingerprint density at radius 1 is 1.27 bits per heavy atom. The predicted molar refractivity (Wildman–Crippen MR) is 27.9 cm³/mol. The molecule has 3 nitrogen and oxygen atoms in total. The maximum Gasteiger partial charge on any atom is 2.00 e. The van der Waals surface area contributed by atoms with Gasteiger partial charge in [-0.1, -0.05) is 0 Å². The van der Waals surface area contributed by atoms with Gasteiger partial charge < -0.3 is 39.2 Å². The number of likely N-dealkylation sites (N-methyl/N-ethyl adjacent to an activating group) is 1. The smallest absolute Gasteiger partial charge is 1.00 e. The Morgan fingerprint density at radius 3 is 1.55 bits per heavy atom. The number of quaternary nitrogens is 1. The number of halogens is 2. The largest absolute Gasteiger partial charge is 2.00 e. The molecule has 0 aliphatic rings. The zero-order chi connectivity index (χ0) is 6.78. The average molecular weight is 244 g/mol. The van der Waals surface area contributed by atoms with E-state index in [0.717, 1.165) is 0 Å². The van der Waals surface area contributed by atoms with E-state index in [1.165, 1.54) is 0 Å². The Labute approximate surface area is 90.0 Å². The van der Waals surface area contributed by atoms with Crippen LogP contribution >= 0.6 is 0 Å². The minimum Gasteiger partial charge on any atom is -1.00 e. The molecule has 0 unspecified atom stereocenters. The molecule has 11 heavy (non-hydrogen) atoms. The molecule has 0 aromatic rings. The van der Waals surface area contributed by atoms with Crippen molar-refractivity contribution >= 4 is 5.97 Å². The van der Waals surface area contributed by atoms with Crippen molar-refractivity contribution < 1.29 is 56.3 Å². The van der Waals surface area contributed by atoms with E-state index in [1.54, 1.807) is 21.1 Å². The normalized spacial score (nSPS) is 8.27. The third-order valence-corrected chi connectivity index (χ3v) is 0.603. The molecular formula is C5H11Cl2FeNO2. The zero-order valence-electron chi connectivity index (χ0n) is 6.58. The summed E-state index contributed by atoms with van der Waals surface area (Å²) in [6.45, 7) is 0.0694. The molecule has 0 amide bonds. The summed E-state index contributed by atoms with van der Waals surface area (Å²) >= 11 is 0. The SMILES string of the molecule is C[N+](C)(C)CC(=O)[O-].[Cl-].[Cl-].[Fe+2]. The van der Waals surface area contributed by atoms with Crippen LogP contribution in [0.3, 0.4) is 0 Å². The van der Waals surface area contributed by atoms with Crippen LogP contribution in [0.15, 0.2) is 0 Å². The molecule has 0 fully saturated rings. The molecule has 0 N–H and O–H groups in total. The first-order chi connectivity index (χ1) is 3.42. The summed E-state index contributed by atoms with van der Waals surface area (Å²) in [5, 5.41) is 9.89. The molecule has 6 heteroatoms.